The van der Waals surface area contributed by atoms with Gasteiger partial charge >= 0.3 is 0 Å². The van der Waals surface area contributed by atoms with Crippen molar-refractivity contribution >= 4 is 34.6 Å². The molecule has 0 fully saturated rings. The number of non-ortho nitro benzene ring substituents is 1. The molecule has 0 saturated carbocycles. The van der Waals surface area contributed by atoms with E-state index in [0.29, 0.717) is 11.4 Å². The fraction of sp³-hybridized carbons (Fsp3) is 0.359. The van der Waals surface area contributed by atoms with Crippen LogP contribution in [0.5, 0.6) is 5.75 Å². The first-order chi connectivity index (χ1) is 23.1. The van der Waals surface area contributed by atoms with Gasteiger partial charge in [0.1, 0.15) is 5.75 Å². The predicted octanol–water partition coefficient (Wildman–Crippen LogP) is 9.55. The van der Waals surface area contributed by atoms with Gasteiger partial charge in [-0.3, -0.25) is 14.9 Å². The molecule has 4 N–H and O–H groups in total. The number of aldehydes is 1. The molecule has 0 unspecified atom stereocenters. The smallest absolute Gasteiger partial charge is 0.271 e. The maximum absolute atomic E-state index is 10.9. The van der Waals surface area contributed by atoms with E-state index in [1.165, 1.54) is 37.1 Å². The lowest BCUT2D eigenvalue weighted by Crippen LogP contribution is -2.23. The molecule has 0 atom stereocenters. The molecular formula is C39H56N4O5. The first-order valence-corrected chi connectivity index (χ1v) is 16.3. The summed E-state index contributed by atoms with van der Waals surface area (Å²) in [7, 11) is 3.41. The Morgan fingerprint density at radius 2 is 1.65 bits per heavy atom. The third kappa shape index (κ3) is 17.7. The van der Waals surface area contributed by atoms with E-state index in [-0.39, 0.29) is 5.69 Å². The van der Waals surface area contributed by atoms with Crippen LogP contribution in [0.3, 0.4) is 0 Å². The summed E-state index contributed by atoms with van der Waals surface area (Å²) in [4.78, 5) is 22.8. The van der Waals surface area contributed by atoms with E-state index in [0.717, 1.165) is 60.4 Å². The van der Waals surface area contributed by atoms with Crippen molar-refractivity contribution in [2.75, 3.05) is 50.3 Å². The number of unbranched alkanes of at least 4 members (excludes halogenated alkanes) is 3. The van der Waals surface area contributed by atoms with E-state index >= 15 is 0 Å². The fourth-order valence-corrected chi connectivity index (χ4v) is 4.31. The van der Waals surface area contributed by atoms with Crippen molar-refractivity contribution in [2.24, 2.45) is 0 Å². The van der Waals surface area contributed by atoms with Gasteiger partial charge in [-0.1, -0.05) is 87.4 Å². The Bertz CT molecular complexity index is 1440. The second-order valence-corrected chi connectivity index (χ2v) is 10.5. The number of nitrogens with two attached hydrogens (primary N) is 2. The van der Waals surface area contributed by atoms with Gasteiger partial charge in [-0.2, -0.15) is 0 Å². The first kappa shape index (κ1) is 43.1. The van der Waals surface area contributed by atoms with Crippen LogP contribution < -0.4 is 21.1 Å². The van der Waals surface area contributed by atoms with Gasteiger partial charge in [-0.15, -0.1) is 0 Å². The van der Waals surface area contributed by atoms with E-state index in [1.807, 2.05) is 82.3 Å². The molecule has 0 aliphatic carbocycles. The molecule has 3 rings (SSSR count). The lowest BCUT2D eigenvalue weighted by molar-refractivity contribution is -0.384. The topological polar surface area (TPSA) is 134 Å². The van der Waals surface area contributed by atoms with E-state index in [4.69, 9.17) is 20.9 Å². The molecule has 262 valence electrons. The predicted molar refractivity (Wildman–Crippen MR) is 204 cm³/mol. The van der Waals surface area contributed by atoms with E-state index in [1.54, 1.807) is 26.4 Å². The van der Waals surface area contributed by atoms with Crippen molar-refractivity contribution in [3.8, 4) is 5.75 Å². The normalized spacial score (nSPS) is 10.4. The van der Waals surface area contributed by atoms with Crippen molar-refractivity contribution in [2.45, 2.75) is 60.3 Å². The number of hydrogen-bond acceptors (Lipinski definition) is 8. The van der Waals surface area contributed by atoms with Crippen LogP contribution in [0.25, 0.3) is 5.57 Å². The Morgan fingerprint density at radius 1 is 0.958 bits per heavy atom. The zero-order chi connectivity index (χ0) is 36.3. The molecule has 0 saturated heterocycles. The number of rotatable bonds is 15. The zero-order valence-electron chi connectivity index (χ0n) is 29.9. The van der Waals surface area contributed by atoms with Crippen LogP contribution in [0.2, 0.25) is 0 Å². The van der Waals surface area contributed by atoms with Crippen molar-refractivity contribution in [3.63, 3.8) is 0 Å². The average molecular weight is 661 g/mol. The lowest BCUT2D eigenvalue weighted by atomic mass is 10.0. The summed E-state index contributed by atoms with van der Waals surface area (Å²) < 4.78 is 10.3. The number of anilines is 3. The number of hydrogen-bond donors (Lipinski definition) is 2. The zero-order valence-corrected chi connectivity index (χ0v) is 29.9. The number of nitrogens with zero attached hydrogens (tertiary/aromatic N) is 2. The van der Waals surface area contributed by atoms with Gasteiger partial charge in [0.05, 0.1) is 17.7 Å². The Labute approximate surface area is 288 Å². The number of nitro benzene ring substituents is 1. The van der Waals surface area contributed by atoms with Crippen LogP contribution in [0.1, 0.15) is 76.2 Å². The lowest BCUT2D eigenvalue weighted by Gasteiger charge is -2.24. The second-order valence-electron chi connectivity index (χ2n) is 10.5. The monoisotopic (exact) mass is 660 g/mol. The highest BCUT2D eigenvalue weighted by molar-refractivity contribution is 5.85. The molecule has 0 aromatic heterocycles. The molecule has 0 radical (unpaired) electrons. The Balaban J connectivity index is 0.000000705. The van der Waals surface area contributed by atoms with Crippen LogP contribution in [0, 0.1) is 10.1 Å². The largest absolute Gasteiger partial charge is 0.495 e. The number of allylic oxidation sites excluding steroid dienone is 5. The van der Waals surface area contributed by atoms with Gasteiger partial charge in [-0.05, 0) is 62.9 Å². The highest BCUT2D eigenvalue weighted by atomic mass is 16.6. The number of benzene rings is 3. The Hall–Kier alpha value is -4.89. The summed E-state index contributed by atoms with van der Waals surface area (Å²) in [6.45, 7) is 16.8. The molecule has 0 aliphatic heterocycles. The SMILES string of the molecule is C=C(C)/C=C/C=C(/C)c1ccccc1C=O.CC.CCN(CCCCCCOC)c1ccc(N)c(OC)c1.Nc1cccc([N+](=O)[O-])c1. The van der Waals surface area contributed by atoms with Crippen LogP contribution in [0.4, 0.5) is 22.7 Å². The quantitative estimate of drug-likeness (QED) is 0.0411. The first-order valence-electron chi connectivity index (χ1n) is 16.3. The maximum atomic E-state index is 10.9. The molecule has 9 nitrogen and oxygen atoms in total. The van der Waals surface area contributed by atoms with Gasteiger partial charge in [0.15, 0.2) is 6.29 Å². The van der Waals surface area contributed by atoms with Crippen molar-refractivity contribution in [1.82, 2.24) is 0 Å². The molecule has 0 amide bonds. The van der Waals surface area contributed by atoms with E-state index < -0.39 is 4.92 Å². The highest BCUT2D eigenvalue weighted by Gasteiger charge is 2.07. The minimum atomic E-state index is -0.476. The number of carbonyl (C=O) groups excluding carboxylic acids is 1. The molecule has 0 bridgehead atoms. The molecule has 3 aromatic carbocycles. The van der Waals surface area contributed by atoms with Gasteiger partial charge in [-0.25, -0.2) is 0 Å². The van der Waals surface area contributed by atoms with Crippen molar-refractivity contribution in [3.05, 3.63) is 118 Å². The Morgan fingerprint density at radius 3 is 2.21 bits per heavy atom. The van der Waals surface area contributed by atoms with Crippen LogP contribution >= 0.6 is 0 Å². The summed E-state index contributed by atoms with van der Waals surface area (Å²) in [6, 6.07) is 19.4. The number of nitrogen functional groups attached to an aromatic ring is 2. The van der Waals surface area contributed by atoms with Gasteiger partial charge < -0.3 is 25.8 Å². The van der Waals surface area contributed by atoms with Crippen LogP contribution in [0.15, 0.2) is 97.1 Å². The maximum Gasteiger partial charge on any atom is 0.271 e. The highest BCUT2D eigenvalue weighted by Crippen LogP contribution is 2.27. The summed E-state index contributed by atoms with van der Waals surface area (Å²) in [6.07, 6.45) is 11.6. The third-order valence-electron chi connectivity index (χ3n) is 6.81. The molecule has 0 heterocycles. The minimum Gasteiger partial charge on any atom is -0.495 e. The van der Waals surface area contributed by atoms with Crippen molar-refractivity contribution < 1.29 is 19.2 Å². The average Bonchev–Trinajstić information content (AvgIpc) is 3.09. The molecule has 48 heavy (non-hydrogen) atoms. The van der Waals surface area contributed by atoms with E-state index in [2.05, 4.69) is 24.5 Å². The second kappa shape index (κ2) is 26.2. The van der Waals surface area contributed by atoms with Crippen LogP contribution in [-0.4, -0.2) is 45.1 Å². The van der Waals surface area contributed by atoms with E-state index in [9.17, 15) is 14.9 Å². The summed E-state index contributed by atoms with van der Waals surface area (Å²) in [5, 5.41) is 10.1. The van der Waals surface area contributed by atoms with Crippen molar-refractivity contribution in [1.29, 1.82) is 0 Å². The van der Waals surface area contributed by atoms with Gasteiger partial charge in [0, 0.05) is 61.9 Å². The van der Waals surface area contributed by atoms with Gasteiger partial charge in [0.2, 0.25) is 0 Å². The third-order valence-corrected chi connectivity index (χ3v) is 6.81. The Kier molecular flexibility index (Phi) is 23.5. The summed E-state index contributed by atoms with van der Waals surface area (Å²) in [5.41, 5.74) is 17.2. The molecule has 9 heteroatoms. The molecule has 0 spiro atoms. The number of nitro groups is 1. The van der Waals surface area contributed by atoms with Crippen LogP contribution in [-0.2, 0) is 4.74 Å². The number of methoxy groups -OCH3 is 2. The summed E-state index contributed by atoms with van der Waals surface area (Å²) in [5.74, 6) is 0.751. The molecule has 3 aromatic rings. The molecule has 0 aliphatic rings. The molecular weight excluding hydrogens is 604 g/mol. The minimum absolute atomic E-state index is 0.0278. The standard InChI is InChI=1S/C16H28N2O2.C15H16O.C6H6N2O2.C2H6/c1-4-18(11-7-5-6-8-12-19-2)14-9-10-15(17)16(13-14)20-3;1-12(2)7-6-8-13(3)15-10-5-4-9-14(15)11-16;7-5-2-1-3-6(4-5)8(9)10;1-2/h9-10,13H,4-8,11-12,17H2,1-3H3;4-11H,1H2,2-3H3;1-4H,7H2;1-2H3/b;7-6+,13-8-;;. The fourth-order valence-electron chi connectivity index (χ4n) is 4.31. The summed E-state index contributed by atoms with van der Waals surface area (Å²) >= 11 is 0. The number of carbonyl (C=O) groups is 1. The van der Waals surface area contributed by atoms with Gasteiger partial charge in [0.25, 0.3) is 5.69 Å². The number of ether oxygens (including phenoxy) is 2.